The molecule has 1 aromatic carbocycles. The molecule has 0 saturated carbocycles. The maximum absolute atomic E-state index is 9.79. The summed E-state index contributed by atoms with van der Waals surface area (Å²) in [4.78, 5) is 9.79. The Kier molecular flexibility index (Phi) is 1.85. The van der Waals surface area contributed by atoms with Crippen LogP contribution < -0.4 is 5.32 Å². The molecule has 44 valence electrons. The molecule has 2 heteroatoms. The van der Waals surface area contributed by atoms with Crippen molar-refractivity contribution in [1.29, 1.82) is 0 Å². The summed E-state index contributed by atoms with van der Waals surface area (Å²) in [7, 11) is 0. The SMILES string of the molecule is O=C[N]c1[c]cccc1. The molecule has 0 heterocycles. The molecule has 0 aliphatic carbocycles. The molecular formula is C7H5NO. The van der Waals surface area contributed by atoms with E-state index < -0.39 is 0 Å². The number of carbonyl (C=O) groups excluding carboxylic acids is 1. The van der Waals surface area contributed by atoms with Crippen LogP contribution in [-0.4, -0.2) is 6.41 Å². The highest BCUT2D eigenvalue weighted by Crippen LogP contribution is 2.01. The van der Waals surface area contributed by atoms with Crippen molar-refractivity contribution >= 4 is 12.1 Å². The van der Waals surface area contributed by atoms with Gasteiger partial charge in [0.05, 0.1) is 5.69 Å². The molecular weight excluding hydrogens is 114 g/mol. The Bertz CT molecular complexity index is 183. The zero-order valence-corrected chi connectivity index (χ0v) is 4.74. The van der Waals surface area contributed by atoms with Crippen LogP contribution in [0.2, 0.25) is 0 Å². The van der Waals surface area contributed by atoms with E-state index in [1.54, 1.807) is 18.2 Å². The minimum Gasteiger partial charge on any atom is -0.276 e. The Hall–Kier alpha value is -1.31. The van der Waals surface area contributed by atoms with Gasteiger partial charge in [-0.1, -0.05) is 18.2 Å². The molecule has 0 atom stereocenters. The third-order valence-corrected chi connectivity index (χ3v) is 0.884. The normalized spacial score (nSPS) is 8.44. The van der Waals surface area contributed by atoms with Crippen LogP contribution in [0.5, 0.6) is 0 Å². The van der Waals surface area contributed by atoms with Crippen molar-refractivity contribution < 1.29 is 4.79 Å². The van der Waals surface area contributed by atoms with Gasteiger partial charge in [-0.3, -0.25) is 4.79 Å². The van der Waals surface area contributed by atoms with Crippen LogP contribution in [0, 0.1) is 6.07 Å². The first-order valence-corrected chi connectivity index (χ1v) is 2.54. The van der Waals surface area contributed by atoms with Gasteiger partial charge in [-0.2, -0.15) is 0 Å². The van der Waals surface area contributed by atoms with Gasteiger partial charge >= 0.3 is 0 Å². The molecule has 0 fully saturated rings. The van der Waals surface area contributed by atoms with Gasteiger partial charge in [-0.05, 0) is 6.07 Å². The van der Waals surface area contributed by atoms with Crippen molar-refractivity contribution in [2.24, 2.45) is 0 Å². The lowest BCUT2D eigenvalue weighted by molar-refractivity contribution is -0.108. The third-order valence-electron chi connectivity index (χ3n) is 0.884. The molecule has 0 spiro atoms. The third kappa shape index (κ3) is 1.57. The predicted octanol–water partition coefficient (Wildman–Crippen LogP) is 0.879. The summed E-state index contributed by atoms with van der Waals surface area (Å²) in [6.45, 7) is 0. The average molecular weight is 119 g/mol. The number of para-hydroxylation sites is 1. The molecule has 0 unspecified atom stereocenters. The summed E-state index contributed by atoms with van der Waals surface area (Å²) in [5.41, 5.74) is 0.576. The standard InChI is InChI=1S/C7H5NO/c9-6-8-7-4-2-1-3-5-7/h1-4,6H. The van der Waals surface area contributed by atoms with Crippen LogP contribution in [0.1, 0.15) is 0 Å². The summed E-state index contributed by atoms with van der Waals surface area (Å²) < 4.78 is 0. The van der Waals surface area contributed by atoms with Crippen LogP contribution in [0.3, 0.4) is 0 Å². The second-order valence-corrected chi connectivity index (χ2v) is 1.48. The van der Waals surface area contributed by atoms with Crippen molar-refractivity contribution in [3.63, 3.8) is 0 Å². The molecule has 2 nitrogen and oxygen atoms in total. The van der Waals surface area contributed by atoms with Crippen LogP contribution in [0.4, 0.5) is 5.69 Å². The van der Waals surface area contributed by atoms with E-state index in [1.807, 2.05) is 6.07 Å². The maximum atomic E-state index is 9.79. The highest BCUT2D eigenvalue weighted by molar-refractivity contribution is 5.57. The van der Waals surface area contributed by atoms with Gasteiger partial charge in [0, 0.05) is 6.07 Å². The lowest BCUT2D eigenvalue weighted by atomic mass is 10.3. The van der Waals surface area contributed by atoms with E-state index in [4.69, 9.17) is 0 Å². The van der Waals surface area contributed by atoms with Crippen LogP contribution in [0.25, 0.3) is 0 Å². The summed E-state index contributed by atoms with van der Waals surface area (Å²) in [6.07, 6.45) is 0.506. The second-order valence-electron chi connectivity index (χ2n) is 1.48. The quantitative estimate of drug-likeness (QED) is 0.531. The van der Waals surface area contributed by atoms with Crippen LogP contribution in [-0.2, 0) is 4.79 Å². The lowest BCUT2D eigenvalue weighted by Gasteiger charge is -1.88. The molecule has 0 aromatic heterocycles. The molecule has 1 amide bonds. The Morgan fingerprint density at radius 1 is 1.56 bits per heavy atom. The number of rotatable bonds is 2. The highest BCUT2D eigenvalue weighted by Gasteiger charge is 1.85. The summed E-state index contributed by atoms with van der Waals surface area (Å²) in [5.74, 6) is 0. The number of hydrogen-bond acceptors (Lipinski definition) is 1. The van der Waals surface area contributed by atoms with Crippen LogP contribution in [0.15, 0.2) is 24.3 Å². The summed E-state index contributed by atoms with van der Waals surface area (Å²) in [5, 5.41) is 3.47. The average Bonchev–Trinajstić information content (AvgIpc) is 1.91. The zero-order valence-electron chi connectivity index (χ0n) is 4.74. The van der Waals surface area contributed by atoms with E-state index in [2.05, 4.69) is 11.4 Å². The van der Waals surface area contributed by atoms with Crippen LogP contribution >= 0.6 is 0 Å². The highest BCUT2D eigenvalue weighted by atomic mass is 16.1. The minimum absolute atomic E-state index is 0.506. The fourth-order valence-electron chi connectivity index (χ4n) is 0.521. The van der Waals surface area contributed by atoms with Gasteiger partial charge in [0.15, 0.2) is 0 Å². The van der Waals surface area contributed by atoms with Gasteiger partial charge in [0.1, 0.15) is 0 Å². The molecule has 1 rings (SSSR count). The number of benzene rings is 1. The zero-order chi connectivity index (χ0) is 6.53. The smallest absolute Gasteiger partial charge is 0.233 e. The summed E-state index contributed by atoms with van der Waals surface area (Å²) in [6, 6.07) is 9.83. The first-order chi connectivity index (χ1) is 4.43. The first-order valence-electron chi connectivity index (χ1n) is 2.54. The van der Waals surface area contributed by atoms with Crippen molar-refractivity contribution in [1.82, 2.24) is 5.32 Å². The lowest BCUT2D eigenvalue weighted by Crippen LogP contribution is -1.90. The number of carbonyl (C=O) groups is 1. The first kappa shape index (κ1) is 5.82. The van der Waals surface area contributed by atoms with E-state index in [9.17, 15) is 4.79 Å². The fourth-order valence-corrected chi connectivity index (χ4v) is 0.521. The van der Waals surface area contributed by atoms with Gasteiger partial charge in [-0.15, -0.1) is 0 Å². The second kappa shape index (κ2) is 2.87. The number of nitrogens with zero attached hydrogens (tertiary/aromatic N) is 1. The molecule has 0 N–H and O–H groups in total. The van der Waals surface area contributed by atoms with Gasteiger partial charge in [0.25, 0.3) is 0 Å². The molecule has 9 heavy (non-hydrogen) atoms. The molecule has 0 saturated heterocycles. The topological polar surface area (TPSA) is 31.2 Å². The Morgan fingerprint density at radius 3 is 3.00 bits per heavy atom. The molecule has 2 radical (unpaired) electrons. The van der Waals surface area contributed by atoms with Gasteiger partial charge < -0.3 is 0 Å². The number of hydrogen-bond donors (Lipinski definition) is 0. The van der Waals surface area contributed by atoms with E-state index in [0.717, 1.165) is 0 Å². The molecule has 0 bridgehead atoms. The predicted molar refractivity (Wildman–Crippen MR) is 33.1 cm³/mol. The van der Waals surface area contributed by atoms with Gasteiger partial charge in [-0.25, -0.2) is 5.32 Å². The summed E-state index contributed by atoms with van der Waals surface area (Å²) >= 11 is 0. The molecule has 0 aliphatic rings. The van der Waals surface area contributed by atoms with Gasteiger partial charge in [0.2, 0.25) is 6.41 Å². The Morgan fingerprint density at radius 2 is 2.44 bits per heavy atom. The van der Waals surface area contributed by atoms with Crippen molar-refractivity contribution in [2.75, 3.05) is 0 Å². The monoisotopic (exact) mass is 119 g/mol. The van der Waals surface area contributed by atoms with E-state index >= 15 is 0 Å². The Balaban J connectivity index is 2.72. The van der Waals surface area contributed by atoms with Crippen molar-refractivity contribution in [3.05, 3.63) is 30.3 Å². The van der Waals surface area contributed by atoms with Crippen molar-refractivity contribution in [3.8, 4) is 0 Å². The van der Waals surface area contributed by atoms with Crippen molar-refractivity contribution in [2.45, 2.75) is 0 Å². The Labute approximate surface area is 53.5 Å². The molecule has 0 aliphatic heterocycles. The fraction of sp³-hybridized carbons (Fsp3) is 0. The maximum Gasteiger partial charge on any atom is 0.233 e. The number of amides is 1. The largest absolute Gasteiger partial charge is 0.276 e. The van der Waals surface area contributed by atoms with E-state index in [0.29, 0.717) is 12.1 Å². The van der Waals surface area contributed by atoms with E-state index in [1.165, 1.54) is 0 Å². The minimum atomic E-state index is 0.506. The van der Waals surface area contributed by atoms with E-state index in [-0.39, 0.29) is 0 Å². The molecule has 1 aromatic rings.